The van der Waals surface area contributed by atoms with Crippen LogP contribution in [-0.4, -0.2) is 21.0 Å². The zero-order valence-corrected chi connectivity index (χ0v) is 11.2. The van der Waals surface area contributed by atoms with Gasteiger partial charge in [0.1, 0.15) is 5.01 Å². The lowest BCUT2D eigenvalue weighted by Crippen LogP contribution is -1.95. The van der Waals surface area contributed by atoms with E-state index in [2.05, 4.69) is 9.97 Å². The Hall–Kier alpha value is -2.53. The van der Waals surface area contributed by atoms with Crippen molar-refractivity contribution in [3.8, 4) is 21.8 Å². The van der Waals surface area contributed by atoms with E-state index in [0.29, 0.717) is 0 Å². The van der Waals surface area contributed by atoms with Gasteiger partial charge in [0.15, 0.2) is 0 Å². The minimum atomic E-state index is -0.934. The van der Waals surface area contributed by atoms with Gasteiger partial charge in [-0.3, -0.25) is 4.98 Å². The third-order valence-electron chi connectivity index (χ3n) is 2.84. The van der Waals surface area contributed by atoms with Crippen LogP contribution in [0.5, 0.6) is 0 Å². The van der Waals surface area contributed by atoms with Gasteiger partial charge in [-0.2, -0.15) is 0 Å². The molecule has 98 valence electrons. The lowest BCUT2D eigenvalue weighted by molar-refractivity contribution is 0.0697. The van der Waals surface area contributed by atoms with E-state index in [0.717, 1.165) is 21.8 Å². The van der Waals surface area contributed by atoms with Gasteiger partial charge < -0.3 is 5.11 Å². The molecule has 2 heterocycles. The molecular weight excluding hydrogens is 272 g/mol. The maximum absolute atomic E-state index is 11.0. The van der Waals surface area contributed by atoms with Crippen LogP contribution in [0.15, 0.2) is 54.2 Å². The highest BCUT2D eigenvalue weighted by atomic mass is 32.1. The summed E-state index contributed by atoms with van der Waals surface area (Å²) in [6.07, 6.45) is 3.45. The Labute approximate surface area is 119 Å². The highest BCUT2D eigenvalue weighted by Crippen LogP contribution is 2.28. The SMILES string of the molecule is O=C(O)c1cccc(-c2csc(-c3ccncc3)n2)c1. The summed E-state index contributed by atoms with van der Waals surface area (Å²) >= 11 is 1.53. The second-order valence-corrected chi connectivity index (χ2v) is 5.02. The van der Waals surface area contributed by atoms with Gasteiger partial charge in [0.25, 0.3) is 0 Å². The molecule has 0 aliphatic rings. The minimum Gasteiger partial charge on any atom is -0.478 e. The third kappa shape index (κ3) is 2.44. The van der Waals surface area contributed by atoms with Crippen molar-refractivity contribution in [2.75, 3.05) is 0 Å². The predicted molar refractivity (Wildman–Crippen MR) is 77.7 cm³/mol. The Balaban J connectivity index is 1.98. The molecule has 0 amide bonds. The van der Waals surface area contributed by atoms with Crippen molar-refractivity contribution >= 4 is 17.3 Å². The number of nitrogens with zero attached hydrogens (tertiary/aromatic N) is 2. The molecule has 3 rings (SSSR count). The largest absolute Gasteiger partial charge is 0.478 e. The zero-order valence-electron chi connectivity index (χ0n) is 10.4. The minimum absolute atomic E-state index is 0.265. The summed E-state index contributed by atoms with van der Waals surface area (Å²) < 4.78 is 0. The van der Waals surface area contributed by atoms with Crippen molar-refractivity contribution in [1.29, 1.82) is 0 Å². The summed E-state index contributed by atoms with van der Waals surface area (Å²) in [7, 11) is 0. The van der Waals surface area contributed by atoms with Crippen LogP contribution < -0.4 is 0 Å². The van der Waals surface area contributed by atoms with E-state index < -0.39 is 5.97 Å². The Bertz CT molecular complexity index is 753. The van der Waals surface area contributed by atoms with Crippen LogP contribution >= 0.6 is 11.3 Å². The van der Waals surface area contributed by atoms with E-state index in [-0.39, 0.29) is 5.56 Å². The molecule has 0 spiro atoms. The molecule has 0 atom stereocenters. The number of thiazole rings is 1. The monoisotopic (exact) mass is 282 g/mol. The first kappa shape index (κ1) is 12.5. The topological polar surface area (TPSA) is 63.1 Å². The zero-order chi connectivity index (χ0) is 13.9. The summed E-state index contributed by atoms with van der Waals surface area (Å²) in [4.78, 5) is 19.5. The number of carbonyl (C=O) groups is 1. The van der Waals surface area contributed by atoms with Gasteiger partial charge in [0.05, 0.1) is 11.3 Å². The fraction of sp³-hybridized carbons (Fsp3) is 0. The molecule has 3 aromatic rings. The second kappa shape index (κ2) is 5.22. The van der Waals surface area contributed by atoms with E-state index in [1.807, 2.05) is 23.6 Å². The summed E-state index contributed by atoms with van der Waals surface area (Å²) in [5.74, 6) is -0.934. The van der Waals surface area contributed by atoms with Crippen LogP contribution in [-0.2, 0) is 0 Å². The molecule has 0 aliphatic carbocycles. The van der Waals surface area contributed by atoms with E-state index in [1.165, 1.54) is 11.3 Å². The van der Waals surface area contributed by atoms with Crippen molar-refractivity contribution in [2.24, 2.45) is 0 Å². The molecule has 0 bridgehead atoms. The predicted octanol–water partition coefficient (Wildman–Crippen LogP) is 3.57. The lowest BCUT2D eigenvalue weighted by Gasteiger charge is -1.99. The summed E-state index contributed by atoms with van der Waals surface area (Å²) in [5.41, 5.74) is 2.86. The van der Waals surface area contributed by atoms with Crippen LogP contribution in [0.4, 0.5) is 0 Å². The van der Waals surface area contributed by atoms with E-state index in [1.54, 1.807) is 30.6 Å². The molecule has 0 radical (unpaired) electrons. The van der Waals surface area contributed by atoms with Gasteiger partial charge in [0, 0.05) is 28.9 Å². The maximum Gasteiger partial charge on any atom is 0.335 e. The van der Waals surface area contributed by atoms with Crippen molar-refractivity contribution in [1.82, 2.24) is 9.97 Å². The van der Waals surface area contributed by atoms with Gasteiger partial charge in [-0.25, -0.2) is 9.78 Å². The highest BCUT2D eigenvalue weighted by Gasteiger charge is 2.09. The Morgan fingerprint density at radius 3 is 2.65 bits per heavy atom. The molecular formula is C15H10N2O2S. The molecule has 4 nitrogen and oxygen atoms in total. The number of carboxylic acids is 1. The third-order valence-corrected chi connectivity index (χ3v) is 3.73. The van der Waals surface area contributed by atoms with Crippen LogP contribution in [0.2, 0.25) is 0 Å². The van der Waals surface area contributed by atoms with E-state index in [9.17, 15) is 4.79 Å². The number of rotatable bonds is 3. The highest BCUT2D eigenvalue weighted by molar-refractivity contribution is 7.13. The number of aromatic carboxylic acids is 1. The van der Waals surface area contributed by atoms with Crippen LogP contribution in [0.25, 0.3) is 21.8 Å². The fourth-order valence-electron chi connectivity index (χ4n) is 1.84. The average molecular weight is 282 g/mol. The Morgan fingerprint density at radius 2 is 1.90 bits per heavy atom. The quantitative estimate of drug-likeness (QED) is 0.797. The second-order valence-electron chi connectivity index (χ2n) is 4.16. The lowest BCUT2D eigenvalue weighted by atomic mass is 10.1. The van der Waals surface area contributed by atoms with Crippen LogP contribution in [0, 0.1) is 0 Å². The van der Waals surface area contributed by atoms with Gasteiger partial charge in [-0.15, -0.1) is 11.3 Å². The first-order valence-electron chi connectivity index (χ1n) is 5.94. The first-order valence-corrected chi connectivity index (χ1v) is 6.81. The van der Waals surface area contributed by atoms with Gasteiger partial charge >= 0.3 is 5.97 Å². The smallest absolute Gasteiger partial charge is 0.335 e. The van der Waals surface area contributed by atoms with Crippen molar-refractivity contribution in [3.63, 3.8) is 0 Å². The van der Waals surface area contributed by atoms with E-state index in [4.69, 9.17) is 5.11 Å². The molecule has 0 saturated heterocycles. The van der Waals surface area contributed by atoms with Gasteiger partial charge in [-0.05, 0) is 24.3 Å². The molecule has 0 fully saturated rings. The number of hydrogen-bond donors (Lipinski definition) is 1. The molecule has 20 heavy (non-hydrogen) atoms. The van der Waals surface area contributed by atoms with Crippen LogP contribution in [0.1, 0.15) is 10.4 Å². The Morgan fingerprint density at radius 1 is 1.10 bits per heavy atom. The molecule has 1 aromatic carbocycles. The summed E-state index contributed by atoms with van der Waals surface area (Å²) in [6.45, 7) is 0. The molecule has 0 saturated carbocycles. The van der Waals surface area contributed by atoms with Gasteiger partial charge in [-0.1, -0.05) is 12.1 Å². The van der Waals surface area contributed by atoms with Crippen LogP contribution in [0.3, 0.4) is 0 Å². The Kier molecular flexibility index (Phi) is 3.26. The van der Waals surface area contributed by atoms with Crippen molar-refractivity contribution in [3.05, 3.63) is 59.7 Å². The standard InChI is InChI=1S/C15H10N2O2S/c18-15(19)12-3-1-2-11(8-12)13-9-20-14(17-13)10-4-6-16-7-5-10/h1-9H,(H,18,19). The number of hydrogen-bond acceptors (Lipinski definition) is 4. The number of aromatic nitrogens is 2. The number of carboxylic acid groups (broad SMARTS) is 1. The first-order chi connectivity index (χ1) is 9.74. The van der Waals surface area contributed by atoms with Gasteiger partial charge in [0.2, 0.25) is 0 Å². The molecule has 5 heteroatoms. The molecule has 0 aliphatic heterocycles. The summed E-state index contributed by atoms with van der Waals surface area (Å²) in [6, 6.07) is 10.6. The molecule has 2 aromatic heterocycles. The molecule has 0 unspecified atom stereocenters. The average Bonchev–Trinajstić information content (AvgIpc) is 2.98. The number of pyridine rings is 1. The van der Waals surface area contributed by atoms with Crippen molar-refractivity contribution < 1.29 is 9.90 Å². The molecule has 1 N–H and O–H groups in total. The van der Waals surface area contributed by atoms with E-state index >= 15 is 0 Å². The van der Waals surface area contributed by atoms with Crippen molar-refractivity contribution in [2.45, 2.75) is 0 Å². The fourth-order valence-corrected chi connectivity index (χ4v) is 2.68. The normalized spacial score (nSPS) is 10.4. The maximum atomic E-state index is 11.0. The number of benzene rings is 1. The summed E-state index contributed by atoms with van der Waals surface area (Å²) in [5, 5.41) is 11.8.